The lowest BCUT2D eigenvalue weighted by molar-refractivity contribution is 0.615. The van der Waals surface area contributed by atoms with Crippen molar-refractivity contribution >= 4 is 17.1 Å². The Kier molecular flexibility index (Phi) is 2.46. The molecule has 1 heterocycles. The zero-order valence-electron chi connectivity index (χ0n) is 9.00. The van der Waals surface area contributed by atoms with Gasteiger partial charge in [-0.05, 0) is 31.0 Å². The van der Waals surface area contributed by atoms with Gasteiger partial charge in [-0.2, -0.15) is 4.98 Å². The Bertz CT molecular complexity index is 500. The Labute approximate surface area is 88.8 Å². The van der Waals surface area contributed by atoms with Gasteiger partial charge in [0.05, 0.1) is 0 Å². The smallest absolute Gasteiger partial charge is 0.295 e. The van der Waals surface area contributed by atoms with E-state index in [1.165, 1.54) is 5.56 Å². The Morgan fingerprint density at radius 2 is 2.27 bits per heavy atom. The molecule has 3 heteroatoms. The van der Waals surface area contributed by atoms with E-state index in [1.807, 2.05) is 13.0 Å². The Hall–Kier alpha value is -1.77. The molecule has 0 amide bonds. The number of nitrogens with zero attached hydrogens (tertiary/aromatic N) is 1. The van der Waals surface area contributed by atoms with Gasteiger partial charge < -0.3 is 9.73 Å². The molecule has 0 aliphatic heterocycles. The molecule has 0 unspecified atom stereocenters. The maximum Gasteiger partial charge on any atom is 0.295 e. The molecular weight excluding hydrogens is 188 g/mol. The molecular formula is C12H14N2O. The van der Waals surface area contributed by atoms with E-state index in [0.29, 0.717) is 12.6 Å². The molecule has 0 atom stereocenters. The molecule has 0 spiro atoms. The number of oxazole rings is 1. The highest BCUT2D eigenvalue weighted by atomic mass is 16.4. The molecule has 0 saturated heterocycles. The van der Waals surface area contributed by atoms with E-state index in [2.05, 4.69) is 29.9 Å². The minimum absolute atomic E-state index is 0.554. The lowest BCUT2D eigenvalue weighted by Gasteiger charge is -1.97. The molecule has 15 heavy (non-hydrogen) atoms. The van der Waals surface area contributed by atoms with Crippen LogP contribution in [0.25, 0.3) is 11.1 Å². The highest BCUT2D eigenvalue weighted by Crippen LogP contribution is 2.24. The molecule has 1 aromatic heterocycles. The first-order valence-electron chi connectivity index (χ1n) is 4.94. The zero-order chi connectivity index (χ0) is 10.8. The maximum absolute atomic E-state index is 5.61. The van der Waals surface area contributed by atoms with Gasteiger partial charge in [0, 0.05) is 6.54 Å². The summed E-state index contributed by atoms with van der Waals surface area (Å²) >= 11 is 0. The molecule has 0 aliphatic rings. The molecule has 0 radical (unpaired) electrons. The van der Waals surface area contributed by atoms with Crippen molar-refractivity contribution in [1.29, 1.82) is 0 Å². The Balaban J connectivity index is 2.46. The summed E-state index contributed by atoms with van der Waals surface area (Å²) in [5.74, 6) is 0. The molecule has 0 aliphatic carbocycles. The van der Waals surface area contributed by atoms with Crippen LogP contribution >= 0.6 is 0 Å². The van der Waals surface area contributed by atoms with Crippen molar-refractivity contribution in [3.8, 4) is 0 Å². The largest absolute Gasteiger partial charge is 0.423 e. The van der Waals surface area contributed by atoms with Gasteiger partial charge >= 0.3 is 0 Å². The zero-order valence-corrected chi connectivity index (χ0v) is 9.00. The highest BCUT2D eigenvalue weighted by molar-refractivity contribution is 5.79. The number of fused-ring (bicyclic) bond motifs is 1. The monoisotopic (exact) mass is 202 g/mol. The number of anilines is 1. The SMILES string of the molecule is C=CCNc1nc2ccc(C)c(C)c2o1. The molecule has 2 rings (SSSR count). The van der Waals surface area contributed by atoms with E-state index >= 15 is 0 Å². The molecule has 0 saturated carbocycles. The molecule has 1 aromatic carbocycles. The van der Waals surface area contributed by atoms with Crippen molar-refractivity contribution < 1.29 is 4.42 Å². The summed E-state index contributed by atoms with van der Waals surface area (Å²) in [5.41, 5.74) is 4.12. The van der Waals surface area contributed by atoms with Gasteiger partial charge in [0.15, 0.2) is 5.58 Å². The number of aromatic nitrogens is 1. The van der Waals surface area contributed by atoms with Crippen LogP contribution in [0.4, 0.5) is 6.01 Å². The van der Waals surface area contributed by atoms with Gasteiger partial charge in [0.25, 0.3) is 6.01 Å². The van der Waals surface area contributed by atoms with Gasteiger partial charge in [0.1, 0.15) is 5.52 Å². The Morgan fingerprint density at radius 3 is 3.00 bits per heavy atom. The number of benzene rings is 1. The van der Waals surface area contributed by atoms with Crippen LogP contribution in [0.2, 0.25) is 0 Å². The predicted octanol–water partition coefficient (Wildman–Crippen LogP) is 3.04. The van der Waals surface area contributed by atoms with Crippen LogP contribution in [0.5, 0.6) is 0 Å². The van der Waals surface area contributed by atoms with Gasteiger partial charge in [0.2, 0.25) is 0 Å². The van der Waals surface area contributed by atoms with Crippen molar-refractivity contribution in [1.82, 2.24) is 4.98 Å². The number of hydrogen-bond donors (Lipinski definition) is 1. The Morgan fingerprint density at radius 1 is 1.47 bits per heavy atom. The predicted molar refractivity (Wildman–Crippen MR) is 62.2 cm³/mol. The number of hydrogen-bond acceptors (Lipinski definition) is 3. The fourth-order valence-electron chi connectivity index (χ4n) is 1.46. The van der Waals surface area contributed by atoms with E-state index in [4.69, 9.17) is 4.42 Å². The van der Waals surface area contributed by atoms with Crippen LogP contribution in [0.1, 0.15) is 11.1 Å². The summed E-state index contributed by atoms with van der Waals surface area (Å²) in [5, 5.41) is 3.03. The first-order valence-corrected chi connectivity index (χ1v) is 4.94. The van der Waals surface area contributed by atoms with E-state index in [-0.39, 0.29) is 0 Å². The second-order valence-corrected chi connectivity index (χ2v) is 3.54. The van der Waals surface area contributed by atoms with E-state index in [1.54, 1.807) is 6.08 Å². The van der Waals surface area contributed by atoms with Crippen LogP contribution in [0, 0.1) is 13.8 Å². The van der Waals surface area contributed by atoms with Crippen LogP contribution in [0.15, 0.2) is 29.2 Å². The van der Waals surface area contributed by atoms with Gasteiger partial charge in [-0.15, -0.1) is 6.58 Å². The summed E-state index contributed by atoms with van der Waals surface area (Å²) < 4.78 is 5.61. The summed E-state index contributed by atoms with van der Waals surface area (Å²) in [7, 11) is 0. The number of rotatable bonds is 3. The summed E-state index contributed by atoms with van der Waals surface area (Å²) in [6.07, 6.45) is 1.77. The fourth-order valence-corrected chi connectivity index (χ4v) is 1.46. The quantitative estimate of drug-likeness (QED) is 0.777. The fraction of sp³-hybridized carbons (Fsp3) is 0.250. The first-order chi connectivity index (χ1) is 7.22. The molecule has 0 bridgehead atoms. The molecule has 0 fully saturated rings. The highest BCUT2D eigenvalue weighted by Gasteiger charge is 2.08. The molecule has 78 valence electrons. The molecule has 2 aromatic rings. The lowest BCUT2D eigenvalue weighted by Crippen LogP contribution is -1.96. The second-order valence-electron chi connectivity index (χ2n) is 3.54. The summed E-state index contributed by atoms with van der Waals surface area (Å²) in [6, 6.07) is 4.58. The third-order valence-electron chi connectivity index (χ3n) is 2.47. The average molecular weight is 202 g/mol. The van der Waals surface area contributed by atoms with E-state index in [0.717, 1.165) is 16.7 Å². The normalized spacial score (nSPS) is 10.5. The summed E-state index contributed by atoms with van der Waals surface area (Å²) in [4.78, 5) is 4.33. The van der Waals surface area contributed by atoms with Crippen molar-refractivity contribution in [3.05, 3.63) is 35.9 Å². The minimum Gasteiger partial charge on any atom is -0.423 e. The first kappa shape index (κ1) is 9.77. The van der Waals surface area contributed by atoms with Gasteiger partial charge in [-0.1, -0.05) is 12.1 Å². The van der Waals surface area contributed by atoms with Crippen molar-refractivity contribution in [2.75, 3.05) is 11.9 Å². The lowest BCUT2D eigenvalue weighted by atomic mass is 10.1. The van der Waals surface area contributed by atoms with E-state index < -0.39 is 0 Å². The van der Waals surface area contributed by atoms with Crippen LogP contribution in [0.3, 0.4) is 0 Å². The average Bonchev–Trinajstić information content (AvgIpc) is 2.64. The minimum atomic E-state index is 0.554. The van der Waals surface area contributed by atoms with Crippen molar-refractivity contribution in [3.63, 3.8) is 0 Å². The molecule has 1 N–H and O–H groups in total. The third-order valence-corrected chi connectivity index (χ3v) is 2.47. The van der Waals surface area contributed by atoms with E-state index in [9.17, 15) is 0 Å². The second kappa shape index (κ2) is 3.77. The molecule has 3 nitrogen and oxygen atoms in total. The number of aryl methyl sites for hydroxylation is 2. The van der Waals surface area contributed by atoms with Crippen LogP contribution in [-0.2, 0) is 0 Å². The summed E-state index contributed by atoms with van der Waals surface area (Å²) in [6.45, 7) is 8.39. The van der Waals surface area contributed by atoms with Gasteiger partial charge in [-0.25, -0.2) is 0 Å². The van der Waals surface area contributed by atoms with Crippen LogP contribution < -0.4 is 5.32 Å². The maximum atomic E-state index is 5.61. The topological polar surface area (TPSA) is 38.1 Å². The number of nitrogens with one attached hydrogen (secondary N) is 1. The third kappa shape index (κ3) is 1.73. The van der Waals surface area contributed by atoms with Crippen molar-refractivity contribution in [2.45, 2.75) is 13.8 Å². The standard InChI is InChI=1S/C12H14N2O/c1-4-7-13-12-14-10-6-5-8(2)9(3)11(10)15-12/h4-6H,1,7H2,2-3H3,(H,13,14). The van der Waals surface area contributed by atoms with Gasteiger partial charge in [-0.3, -0.25) is 0 Å². The van der Waals surface area contributed by atoms with Crippen molar-refractivity contribution in [2.24, 2.45) is 0 Å². The van der Waals surface area contributed by atoms with Crippen LogP contribution in [-0.4, -0.2) is 11.5 Å².